The molecule has 0 aliphatic carbocycles. The molecule has 0 bridgehead atoms. The fraction of sp³-hybridized carbons (Fsp3) is 0.556. The van der Waals surface area contributed by atoms with E-state index in [0.717, 1.165) is 17.0 Å². The summed E-state index contributed by atoms with van der Waals surface area (Å²) in [5.41, 5.74) is 9.92. The largest absolute Gasteiger partial charge is 0.355 e. The molecule has 1 fully saturated rings. The highest BCUT2D eigenvalue weighted by molar-refractivity contribution is 5.97. The number of likely N-dealkylation sites (tertiary alicyclic amines) is 1. The topological polar surface area (TPSA) is 111 Å². The van der Waals surface area contributed by atoms with Crippen LogP contribution in [0.3, 0.4) is 0 Å². The number of aryl methyl sites for hydroxylation is 3. The Hall–Kier alpha value is -2.68. The van der Waals surface area contributed by atoms with Gasteiger partial charge in [0.15, 0.2) is 0 Å². The Morgan fingerprint density at radius 2 is 1.96 bits per heavy atom. The molecule has 1 aliphatic heterocycles. The van der Waals surface area contributed by atoms with Gasteiger partial charge in [-0.15, -0.1) is 0 Å². The summed E-state index contributed by atoms with van der Waals surface area (Å²) < 4.78 is 3.35. The summed E-state index contributed by atoms with van der Waals surface area (Å²) in [6, 6.07) is 1.00. The number of likely N-dealkylation sites (N-methyl/N-ethyl adjacent to an activating group) is 1. The number of nitrogens with one attached hydrogen (secondary N) is 1. The second kappa shape index (κ2) is 7.15. The molecule has 27 heavy (non-hydrogen) atoms. The van der Waals surface area contributed by atoms with Gasteiger partial charge in [0, 0.05) is 44.5 Å². The summed E-state index contributed by atoms with van der Waals surface area (Å²) >= 11 is 0. The minimum atomic E-state index is -0.548. The highest BCUT2D eigenvalue weighted by Crippen LogP contribution is 2.27. The van der Waals surface area contributed by atoms with Crippen LogP contribution in [0, 0.1) is 13.8 Å². The molecule has 2 amide bonds. The van der Waals surface area contributed by atoms with Crippen molar-refractivity contribution < 1.29 is 9.59 Å². The maximum absolute atomic E-state index is 13.2. The van der Waals surface area contributed by atoms with Gasteiger partial charge in [-0.2, -0.15) is 10.2 Å². The minimum Gasteiger partial charge on any atom is -0.355 e. The van der Waals surface area contributed by atoms with Gasteiger partial charge in [0.1, 0.15) is 11.7 Å². The number of carbonyl (C=O) groups is 2. The molecule has 2 aromatic heterocycles. The predicted octanol–water partition coefficient (Wildman–Crippen LogP) is 0.115. The van der Waals surface area contributed by atoms with Crippen LogP contribution in [-0.2, 0) is 18.9 Å². The average Bonchev–Trinajstić information content (AvgIpc) is 3.24. The Kier molecular flexibility index (Phi) is 5.05. The van der Waals surface area contributed by atoms with Crippen LogP contribution in [-0.4, -0.2) is 61.4 Å². The fourth-order valence-electron chi connectivity index (χ4n) is 3.71. The van der Waals surface area contributed by atoms with E-state index in [-0.39, 0.29) is 17.9 Å². The monoisotopic (exact) mass is 373 g/mol. The summed E-state index contributed by atoms with van der Waals surface area (Å²) in [5.74, 6) is -0.403. The molecule has 1 saturated heterocycles. The van der Waals surface area contributed by atoms with Crippen molar-refractivity contribution in [1.82, 2.24) is 29.8 Å². The van der Waals surface area contributed by atoms with Crippen LogP contribution in [0.5, 0.6) is 0 Å². The van der Waals surface area contributed by atoms with E-state index in [0.29, 0.717) is 30.9 Å². The number of nitrogens with zero attached hydrogens (tertiary/aromatic N) is 5. The molecule has 3 N–H and O–H groups in total. The number of aromatic nitrogens is 4. The van der Waals surface area contributed by atoms with Gasteiger partial charge in [0.2, 0.25) is 5.91 Å². The zero-order valence-electron chi connectivity index (χ0n) is 16.5. The molecular weight excluding hydrogens is 346 g/mol. The Morgan fingerprint density at radius 1 is 1.26 bits per heavy atom. The van der Waals surface area contributed by atoms with Crippen molar-refractivity contribution in [2.45, 2.75) is 39.3 Å². The van der Waals surface area contributed by atoms with Gasteiger partial charge < -0.3 is 16.0 Å². The summed E-state index contributed by atoms with van der Waals surface area (Å²) in [6.07, 6.45) is 0.461. The van der Waals surface area contributed by atoms with Gasteiger partial charge in [-0.25, -0.2) is 0 Å². The lowest BCUT2D eigenvalue weighted by molar-refractivity contribution is -0.124. The van der Waals surface area contributed by atoms with Crippen LogP contribution in [0.15, 0.2) is 6.07 Å². The molecule has 2 atom stereocenters. The third-order valence-corrected chi connectivity index (χ3v) is 5.11. The first-order valence-corrected chi connectivity index (χ1v) is 9.13. The van der Waals surface area contributed by atoms with Gasteiger partial charge in [0.25, 0.3) is 5.91 Å². The maximum atomic E-state index is 13.2. The number of amides is 2. The molecule has 9 nitrogen and oxygen atoms in total. The highest BCUT2D eigenvalue weighted by atomic mass is 16.2. The average molecular weight is 373 g/mol. The van der Waals surface area contributed by atoms with Crippen molar-refractivity contribution in [2.24, 2.45) is 19.8 Å². The van der Waals surface area contributed by atoms with Gasteiger partial charge >= 0.3 is 0 Å². The van der Waals surface area contributed by atoms with Crippen molar-refractivity contribution in [3.05, 3.63) is 23.1 Å². The zero-order valence-corrected chi connectivity index (χ0v) is 16.5. The SMILES string of the molecule is CCNC(=O)[C@@H]1C[C@@H](N)CN1C(=O)c1cc(-c2c(C)nn(C)c2C)nn1C. The molecule has 0 aromatic carbocycles. The first-order valence-electron chi connectivity index (χ1n) is 9.13. The molecule has 3 heterocycles. The highest BCUT2D eigenvalue weighted by Gasteiger charge is 2.39. The van der Waals surface area contributed by atoms with Gasteiger partial charge in [-0.1, -0.05) is 0 Å². The van der Waals surface area contributed by atoms with Gasteiger partial charge in [0.05, 0.1) is 11.4 Å². The van der Waals surface area contributed by atoms with E-state index in [1.807, 2.05) is 27.8 Å². The molecule has 3 rings (SSSR count). The van der Waals surface area contributed by atoms with Gasteiger partial charge in [-0.05, 0) is 33.3 Å². The molecule has 0 radical (unpaired) electrons. The van der Waals surface area contributed by atoms with Crippen LogP contribution in [0.2, 0.25) is 0 Å². The molecule has 2 aromatic rings. The summed E-state index contributed by atoms with van der Waals surface area (Å²) in [5, 5.41) is 11.7. The normalized spacial score (nSPS) is 19.6. The Balaban J connectivity index is 1.93. The van der Waals surface area contributed by atoms with Crippen molar-refractivity contribution in [2.75, 3.05) is 13.1 Å². The number of hydrogen-bond donors (Lipinski definition) is 2. The number of rotatable bonds is 4. The Morgan fingerprint density at radius 3 is 2.56 bits per heavy atom. The van der Waals surface area contributed by atoms with E-state index >= 15 is 0 Å². The zero-order chi connectivity index (χ0) is 19.9. The number of hydrogen-bond acceptors (Lipinski definition) is 5. The first kappa shape index (κ1) is 19.1. The molecule has 9 heteroatoms. The maximum Gasteiger partial charge on any atom is 0.272 e. The molecule has 1 aliphatic rings. The van der Waals surface area contributed by atoms with Crippen molar-refractivity contribution in [1.29, 1.82) is 0 Å². The van der Waals surface area contributed by atoms with Crippen LogP contribution < -0.4 is 11.1 Å². The molecule has 0 saturated carbocycles. The lowest BCUT2D eigenvalue weighted by atomic mass is 10.1. The van der Waals surface area contributed by atoms with E-state index < -0.39 is 6.04 Å². The van der Waals surface area contributed by atoms with Crippen LogP contribution in [0.25, 0.3) is 11.3 Å². The van der Waals surface area contributed by atoms with E-state index in [9.17, 15) is 9.59 Å². The van der Waals surface area contributed by atoms with E-state index in [1.165, 1.54) is 0 Å². The minimum absolute atomic E-state index is 0.167. The molecule has 146 valence electrons. The smallest absolute Gasteiger partial charge is 0.272 e. The van der Waals surface area contributed by atoms with E-state index in [2.05, 4.69) is 15.5 Å². The van der Waals surface area contributed by atoms with Crippen molar-refractivity contribution in [3.8, 4) is 11.3 Å². The third kappa shape index (κ3) is 3.34. The van der Waals surface area contributed by atoms with Crippen LogP contribution >= 0.6 is 0 Å². The van der Waals surface area contributed by atoms with Gasteiger partial charge in [-0.3, -0.25) is 19.0 Å². The Labute approximate surface area is 158 Å². The van der Waals surface area contributed by atoms with E-state index in [1.54, 1.807) is 27.4 Å². The standard InChI is InChI=1S/C18H27N7O2/c1-6-20-17(26)14-7-12(19)9-25(14)18(27)15-8-13(22-24(15)5)16-10(2)21-23(4)11(16)3/h8,12,14H,6-7,9,19H2,1-5H3,(H,20,26)/t12-,14+/m1/s1. The molecule has 0 unspecified atom stereocenters. The summed E-state index contributed by atoms with van der Waals surface area (Å²) in [6.45, 7) is 6.61. The van der Waals surface area contributed by atoms with Crippen LogP contribution in [0.4, 0.5) is 0 Å². The lowest BCUT2D eigenvalue weighted by Crippen LogP contribution is -2.46. The fourth-order valence-corrected chi connectivity index (χ4v) is 3.71. The lowest BCUT2D eigenvalue weighted by Gasteiger charge is -2.23. The van der Waals surface area contributed by atoms with E-state index in [4.69, 9.17) is 5.73 Å². The summed E-state index contributed by atoms with van der Waals surface area (Å²) in [4.78, 5) is 27.1. The molecule has 0 spiro atoms. The number of nitrogens with two attached hydrogens (primary N) is 1. The first-order chi connectivity index (χ1) is 12.7. The second-order valence-corrected chi connectivity index (χ2v) is 7.07. The number of carbonyl (C=O) groups excluding carboxylic acids is 2. The third-order valence-electron chi connectivity index (χ3n) is 5.11. The van der Waals surface area contributed by atoms with Crippen LogP contribution in [0.1, 0.15) is 35.2 Å². The predicted molar refractivity (Wildman–Crippen MR) is 101 cm³/mol. The second-order valence-electron chi connectivity index (χ2n) is 7.07. The van der Waals surface area contributed by atoms with Crippen molar-refractivity contribution in [3.63, 3.8) is 0 Å². The van der Waals surface area contributed by atoms with Crippen molar-refractivity contribution >= 4 is 11.8 Å². The quantitative estimate of drug-likeness (QED) is 0.790. The Bertz CT molecular complexity index is 883. The molecular formula is C18H27N7O2. The summed E-state index contributed by atoms with van der Waals surface area (Å²) in [7, 11) is 3.61.